The Bertz CT molecular complexity index is 1490. The molecular weight excluding hydrogens is 699 g/mol. The molecule has 286 valence electrons. The Hall–Kier alpha value is -1.64. The number of fused-ring (bicyclic) bond motifs is 1. The molecule has 2 aliphatic rings. The Morgan fingerprint density at radius 2 is 1.39 bits per heavy atom. The summed E-state index contributed by atoms with van der Waals surface area (Å²) in [4.78, 5) is 29.1. The fourth-order valence-electron chi connectivity index (χ4n) is 6.92. The molecule has 0 radical (unpaired) electrons. The molecule has 0 aromatic carbocycles. The highest BCUT2D eigenvalue weighted by Gasteiger charge is 2.58. The third-order valence-electron chi connectivity index (χ3n) is 10.4. The number of allylic oxidation sites excluding steroid dienone is 5. The van der Waals surface area contributed by atoms with Gasteiger partial charge in [0.1, 0.15) is 11.4 Å². The number of rotatable bonds is 17. The molecule has 51 heavy (non-hydrogen) atoms. The first-order valence-electron chi connectivity index (χ1n) is 19.2. The van der Waals surface area contributed by atoms with Crippen LogP contribution >= 0.6 is 36.6 Å². The van der Waals surface area contributed by atoms with Gasteiger partial charge in [-0.05, 0) is 71.7 Å². The van der Waals surface area contributed by atoms with Crippen molar-refractivity contribution in [2.24, 2.45) is 29.1 Å². The molecule has 2 heterocycles. The van der Waals surface area contributed by atoms with Crippen LogP contribution in [0.3, 0.4) is 0 Å². The van der Waals surface area contributed by atoms with Crippen LogP contribution in [0.15, 0.2) is 45.9 Å². The normalized spacial score (nSPS) is 22.6. The largest absolute Gasteiger partial charge is 0.481 e. The van der Waals surface area contributed by atoms with Crippen LogP contribution < -0.4 is 4.74 Å². The molecule has 1 fully saturated rings. The van der Waals surface area contributed by atoms with Gasteiger partial charge in [-0.1, -0.05) is 133 Å². The van der Waals surface area contributed by atoms with Crippen LogP contribution in [0.5, 0.6) is 5.75 Å². The smallest absolute Gasteiger partial charge is 0.371 e. The molecule has 1 aromatic heterocycles. The van der Waals surface area contributed by atoms with Crippen LogP contribution in [0, 0.1) is 29.1 Å². The van der Waals surface area contributed by atoms with Crippen molar-refractivity contribution < 1.29 is 23.1 Å². The molecule has 0 bridgehead atoms. The summed E-state index contributed by atoms with van der Waals surface area (Å²) in [6.07, 6.45) is 15.5. The molecular formula is C43H64F2O3S3. The van der Waals surface area contributed by atoms with E-state index in [1.807, 2.05) is 6.08 Å². The molecule has 1 aliphatic carbocycles. The number of Topliss-reactive ketones (excluding diaryl/α,β-unsaturated/α-hetero) is 2. The van der Waals surface area contributed by atoms with Crippen LogP contribution in [-0.4, -0.2) is 23.1 Å². The zero-order valence-corrected chi connectivity index (χ0v) is 35.7. The van der Waals surface area contributed by atoms with E-state index in [1.165, 1.54) is 36.6 Å². The van der Waals surface area contributed by atoms with E-state index < -0.39 is 28.5 Å². The van der Waals surface area contributed by atoms with Crippen molar-refractivity contribution in [3.05, 3.63) is 55.7 Å². The Kier molecular flexibility index (Phi) is 15.6. The molecule has 3 nitrogen and oxygen atoms in total. The lowest BCUT2D eigenvalue weighted by Crippen LogP contribution is -2.41. The van der Waals surface area contributed by atoms with E-state index in [9.17, 15) is 18.4 Å². The van der Waals surface area contributed by atoms with Gasteiger partial charge in [0.25, 0.3) is 0 Å². The molecule has 0 N–H and O–H groups in total. The molecule has 0 saturated heterocycles. The van der Waals surface area contributed by atoms with Crippen molar-refractivity contribution in [2.75, 3.05) is 0 Å². The lowest BCUT2D eigenvalue weighted by atomic mass is 9.78. The van der Waals surface area contributed by atoms with Gasteiger partial charge >= 0.3 is 5.92 Å². The van der Waals surface area contributed by atoms with E-state index in [0.29, 0.717) is 29.6 Å². The van der Waals surface area contributed by atoms with Gasteiger partial charge in [0.2, 0.25) is 11.6 Å². The fourth-order valence-corrected chi connectivity index (χ4v) is 8.71. The van der Waals surface area contributed by atoms with Crippen molar-refractivity contribution in [1.82, 2.24) is 0 Å². The second kappa shape index (κ2) is 18.1. The number of halogens is 2. The van der Waals surface area contributed by atoms with E-state index in [1.54, 1.807) is 38.2 Å². The van der Waals surface area contributed by atoms with Crippen LogP contribution in [0.4, 0.5) is 8.78 Å². The summed E-state index contributed by atoms with van der Waals surface area (Å²) in [5.41, 5.74) is -1.10. The fraction of sp³-hybridized carbons (Fsp3) is 0.674. The lowest BCUT2D eigenvalue weighted by molar-refractivity contribution is -0.147. The first-order chi connectivity index (χ1) is 23.6. The first-order valence-corrected chi connectivity index (χ1v) is 20.9. The molecule has 8 heteroatoms. The summed E-state index contributed by atoms with van der Waals surface area (Å²) in [5.74, 6) is -3.55. The van der Waals surface area contributed by atoms with E-state index in [2.05, 4.69) is 74.1 Å². The third kappa shape index (κ3) is 11.0. The van der Waals surface area contributed by atoms with Gasteiger partial charge in [-0.3, -0.25) is 9.59 Å². The van der Waals surface area contributed by atoms with E-state index in [0.717, 1.165) is 59.6 Å². The van der Waals surface area contributed by atoms with Crippen molar-refractivity contribution in [2.45, 2.75) is 158 Å². The number of thiol groups is 2. The van der Waals surface area contributed by atoms with Crippen LogP contribution in [0.25, 0.3) is 4.91 Å². The molecule has 1 aliphatic heterocycles. The molecule has 0 amide bonds. The molecule has 0 spiro atoms. The number of hydrogen-bond donors (Lipinski definition) is 2. The van der Waals surface area contributed by atoms with Gasteiger partial charge in [-0.2, -0.15) is 8.78 Å². The van der Waals surface area contributed by atoms with Gasteiger partial charge in [0.15, 0.2) is 0 Å². The minimum atomic E-state index is -4.11. The van der Waals surface area contributed by atoms with Crippen LogP contribution in [-0.2, 0) is 9.59 Å². The minimum Gasteiger partial charge on any atom is -0.481 e. The van der Waals surface area contributed by atoms with E-state index >= 15 is 0 Å². The van der Waals surface area contributed by atoms with Gasteiger partial charge in [-0.25, -0.2) is 0 Å². The molecule has 3 rings (SSSR count). The molecule has 1 aromatic rings. The summed E-state index contributed by atoms with van der Waals surface area (Å²) in [6.45, 7) is 23.4. The number of alkyl halides is 2. The quantitative estimate of drug-likeness (QED) is 0.0944. The second-order valence-electron chi connectivity index (χ2n) is 17.4. The zero-order chi connectivity index (χ0) is 38.5. The van der Waals surface area contributed by atoms with Gasteiger partial charge in [-0.15, -0.1) is 36.6 Å². The lowest BCUT2D eigenvalue weighted by Gasteiger charge is -2.41. The molecule has 2 unspecified atom stereocenters. The van der Waals surface area contributed by atoms with Crippen molar-refractivity contribution in [1.29, 1.82) is 0 Å². The number of ketones is 2. The summed E-state index contributed by atoms with van der Waals surface area (Å²) >= 11 is 11.3. The zero-order valence-electron chi connectivity index (χ0n) is 33.1. The minimum absolute atomic E-state index is 0.171. The Balaban J connectivity index is 2.15. The van der Waals surface area contributed by atoms with Crippen LogP contribution in [0.2, 0.25) is 0 Å². The maximum absolute atomic E-state index is 14.9. The predicted octanol–water partition coefficient (Wildman–Crippen LogP) is 13.6. The third-order valence-corrected chi connectivity index (χ3v) is 13.3. The highest BCUT2D eigenvalue weighted by molar-refractivity contribution is 7.91. The Labute approximate surface area is 323 Å². The number of ether oxygens (including phenoxy) is 1. The second-order valence-corrected chi connectivity index (χ2v) is 19.4. The maximum atomic E-state index is 14.9. The standard InChI is InChI=1S/C43H64F2O3S3/c1-26(2)15-12-17-29(7)21-23-42(24-22-30(8)18-13-16-27(3)4)32(36(49)37-33(48-42)25-34(51-37)28(5)6)20-14-19-31-35(40(50)41(9,10)11)39(47)43(44,45)38(31)46/h14,19-20,25-30,49-50H,12-13,15-18,21-24H2,1-11H3/b20-14+,31-19-,40-35+. The SMILES string of the molecule is CC(C)CCCC(C)CCC1(CCC(C)CCCC(C)C)Oc2cc(C(C)C)sc2C(S)=C1/C=C/C=C1\C(=O)C(F)(F)C(=O)\C1=C(\S)C(C)(C)C. The maximum Gasteiger partial charge on any atom is 0.371 e. The number of carbonyl (C=O) groups excluding carboxylic acids is 2. The monoisotopic (exact) mass is 762 g/mol. The van der Waals surface area contributed by atoms with Gasteiger partial charge in [0.05, 0.1) is 4.88 Å². The highest BCUT2D eigenvalue weighted by Crippen LogP contribution is 2.52. The van der Waals surface area contributed by atoms with Crippen molar-refractivity contribution >= 4 is 53.1 Å². The van der Waals surface area contributed by atoms with Gasteiger partial charge in [0, 0.05) is 26.5 Å². The van der Waals surface area contributed by atoms with E-state index in [4.69, 9.17) is 17.4 Å². The summed E-state index contributed by atoms with van der Waals surface area (Å²) < 4.78 is 37.0. The Morgan fingerprint density at radius 3 is 1.86 bits per heavy atom. The average Bonchev–Trinajstić information content (AvgIpc) is 3.52. The summed E-state index contributed by atoms with van der Waals surface area (Å²) in [7, 11) is 0. The number of hydrogen-bond acceptors (Lipinski definition) is 6. The topological polar surface area (TPSA) is 43.4 Å². The summed E-state index contributed by atoms with van der Waals surface area (Å²) in [5, 5.41) is 0. The predicted molar refractivity (Wildman–Crippen MR) is 219 cm³/mol. The van der Waals surface area contributed by atoms with Gasteiger partial charge < -0.3 is 4.74 Å². The molecule has 2 atom stereocenters. The highest BCUT2D eigenvalue weighted by atomic mass is 32.1. The number of thiophene rings is 1. The Morgan fingerprint density at radius 1 is 0.863 bits per heavy atom. The van der Waals surface area contributed by atoms with Crippen LogP contribution in [0.1, 0.15) is 156 Å². The first kappa shape index (κ1) is 43.8. The van der Waals surface area contributed by atoms with E-state index in [-0.39, 0.29) is 16.1 Å². The average molecular weight is 763 g/mol. The molecule has 1 saturated carbocycles. The van der Waals surface area contributed by atoms with Crippen molar-refractivity contribution in [3.63, 3.8) is 0 Å². The number of carbonyl (C=O) groups is 2. The summed E-state index contributed by atoms with van der Waals surface area (Å²) in [6, 6.07) is 2.17. The van der Waals surface area contributed by atoms with Crippen molar-refractivity contribution in [3.8, 4) is 5.75 Å².